The van der Waals surface area contributed by atoms with E-state index in [1.54, 1.807) is 6.20 Å². The Bertz CT molecular complexity index is 2480. The highest BCUT2D eigenvalue weighted by Crippen LogP contribution is 2.62. The Morgan fingerprint density at radius 2 is 1.06 bits per heavy atom. The van der Waals surface area contributed by atoms with Crippen molar-refractivity contribution in [2.24, 2.45) is 0 Å². The van der Waals surface area contributed by atoms with E-state index in [1.165, 1.54) is 16.7 Å². The van der Waals surface area contributed by atoms with Crippen LogP contribution in [0.5, 0.6) is 23.0 Å². The Labute approximate surface area is 295 Å². The lowest BCUT2D eigenvalue weighted by atomic mass is 9.68. The van der Waals surface area contributed by atoms with Gasteiger partial charge in [0.05, 0.1) is 22.5 Å². The van der Waals surface area contributed by atoms with Crippen LogP contribution in [0.15, 0.2) is 176 Å². The molecule has 0 saturated carbocycles. The summed E-state index contributed by atoms with van der Waals surface area (Å²) in [5.74, 6) is 3.21. The van der Waals surface area contributed by atoms with Crippen LogP contribution in [0.25, 0.3) is 45.2 Å². The van der Waals surface area contributed by atoms with Gasteiger partial charge in [0.25, 0.3) is 0 Å². The third-order valence-electron chi connectivity index (χ3n) is 9.90. The Morgan fingerprint density at radius 1 is 0.431 bits per heavy atom. The monoisotopic (exact) mass is 655 g/mol. The van der Waals surface area contributed by atoms with Gasteiger partial charge in [0.1, 0.15) is 0 Å². The van der Waals surface area contributed by atoms with Gasteiger partial charge in [-0.2, -0.15) is 0 Å². The van der Waals surface area contributed by atoms with Crippen molar-refractivity contribution in [3.8, 4) is 68.2 Å². The molecule has 2 aromatic heterocycles. The van der Waals surface area contributed by atoms with Crippen molar-refractivity contribution in [2.45, 2.75) is 5.41 Å². The Balaban J connectivity index is 1.15. The molecular weight excluding hydrogens is 627 g/mol. The summed E-state index contributed by atoms with van der Waals surface area (Å²) in [5.41, 5.74) is 10.3. The van der Waals surface area contributed by atoms with Crippen LogP contribution in [-0.4, -0.2) is 15.0 Å². The largest absolute Gasteiger partial charge is 0.449 e. The smallest absolute Gasteiger partial charge is 0.179 e. The van der Waals surface area contributed by atoms with Crippen LogP contribution >= 0.6 is 0 Å². The van der Waals surface area contributed by atoms with Crippen LogP contribution in [0.3, 0.4) is 0 Å². The highest BCUT2D eigenvalue weighted by atomic mass is 16.6. The van der Waals surface area contributed by atoms with Crippen molar-refractivity contribution >= 4 is 0 Å². The summed E-state index contributed by atoms with van der Waals surface area (Å²) in [5, 5.41) is 0. The van der Waals surface area contributed by atoms with Crippen LogP contribution in [0.4, 0.5) is 0 Å². The first-order valence-corrected chi connectivity index (χ1v) is 17.0. The normalized spacial score (nSPS) is 13.2. The van der Waals surface area contributed by atoms with E-state index >= 15 is 0 Å². The fraction of sp³-hybridized carbons (Fsp3) is 0.0217. The van der Waals surface area contributed by atoms with Crippen molar-refractivity contribution < 1.29 is 9.47 Å². The molecule has 0 bridgehead atoms. The average molecular weight is 656 g/mol. The van der Waals surface area contributed by atoms with E-state index in [-0.39, 0.29) is 0 Å². The number of aromatic nitrogens is 3. The van der Waals surface area contributed by atoms with E-state index in [9.17, 15) is 0 Å². The molecule has 0 unspecified atom stereocenters. The number of para-hydroxylation sites is 1. The summed E-state index contributed by atoms with van der Waals surface area (Å²) in [4.78, 5) is 14.6. The zero-order valence-electron chi connectivity index (χ0n) is 27.4. The Morgan fingerprint density at radius 3 is 1.80 bits per heavy atom. The molecule has 10 rings (SSSR count). The lowest BCUT2D eigenvalue weighted by Gasteiger charge is -2.34. The second-order valence-electron chi connectivity index (χ2n) is 12.7. The maximum atomic E-state index is 6.95. The van der Waals surface area contributed by atoms with E-state index in [4.69, 9.17) is 19.4 Å². The molecule has 0 spiro atoms. The molecule has 3 heterocycles. The van der Waals surface area contributed by atoms with Crippen LogP contribution in [0.1, 0.15) is 22.3 Å². The van der Waals surface area contributed by atoms with E-state index in [0.29, 0.717) is 34.5 Å². The van der Waals surface area contributed by atoms with Crippen LogP contribution < -0.4 is 9.47 Å². The van der Waals surface area contributed by atoms with Crippen molar-refractivity contribution in [3.05, 3.63) is 198 Å². The molecule has 0 atom stereocenters. The van der Waals surface area contributed by atoms with Gasteiger partial charge in [-0.3, -0.25) is 4.98 Å². The standard InChI is InChI=1S/C46H29N3O2/c1-4-15-30(16-5-1)45-48-38(29-39(49-45)37-24-12-13-28-47-37)34-22-14-25-40-43(34)50-41-27-26-36-42(44(41)51-40)33-21-10-11-23-35(33)46(36,31-17-6-2-7-18-31)32-19-8-3-9-20-32/h1-29H. The Kier molecular flexibility index (Phi) is 6.64. The summed E-state index contributed by atoms with van der Waals surface area (Å²) < 4.78 is 13.8. The van der Waals surface area contributed by atoms with Gasteiger partial charge in [-0.05, 0) is 64.2 Å². The quantitative estimate of drug-likeness (QED) is 0.185. The number of hydrogen-bond donors (Lipinski definition) is 0. The molecule has 0 fully saturated rings. The van der Waals surface area contributed by atoms with Crippen LogP contribution in [0, 0.1) is 0 Å². The summed E-state index contributed by atoms with van der Waals surface area (Å²) in [7, 11) is 0. The third-order valence-corrected chi connectivity index (χ3v) is 9.90. The molecule has 1 aliphatic carbocycles. The van der Waals surface area contributed by atoms with Gasteiger partial charge >= 0.3 is 0 Å². The lowest BCUT2D eigenvalue weighted by Crippen LogP contribution is -2.28. The number of hydrogen-bond acceptors (Lipinski definition) is 5. The van der Waals surface area contributed by atoms with Crippen LogP contribution in [0.2, 0.25) is 0 Å². The summed E-state index contributed by atoms with van der Waals surface area (Å²) in [6.45, 7) is 0. The van der Waals surface area contributed by atoms with Gasteiger partial charge in [0.15, 0.2) is 28.8 Å². The predicted octanol–water partition coefficient (Wildman–Crippen LogP) is 11.1. The zero-order valence-corrected chi connectivity index (χ0v) is 27.4. The van der Waals surface area contributed by atoms with E-state index in [2.05, 4.69) is 102 Å². The molecule has 5 nitrogen and oxygen atoms in total. The lowest BCUT2D eigenvalue weighted by molar-refractivity contribution is 0.361. The molecule has 8 aromatic rings. The first-order chi connectivity index (χ1) is 25.3. The molecule has 240 valence electrons. The molecule has 5 heteroatoms. The first-order valence-electron chi connectivity index (χ1n) is 17.0. The molecule has 0 radical (unpaired) electrons. The first kappa shape index (κ1) is 29.1. The van der Waals surface area contributed by atoms with Crippen LogP contribution in [-0.2, 0) is 5.41 Å². The summed E-state index contributed by atoms with van der Waals surface area (Å²) in [6, 6.07) is 58.2. The van der Waals surface area contributed by atoms with Crippen molar-refractivity contribution in [3.63, 3.8) is 0 Å². The number of nitrogens with zero attached hydrogens (tertiary/aromatic N) is 3. The van der Waals surface area contributed by atoms with Gasteiger partial charge in [0, 0.05) is 22.9 Å². The minimum atomic E-state index is -0.536. The number of ether oxygens (including phenoxy) is 2. The molecular formula is C46H29N3O2. The van der Waals surface area contributed by atoms with Crippen molar-refractivity contribution in [1.29, 1.82) is 0 Å². The molecule has 6 aromatic carbocycles. The fourth-order valence-corrected chi connectivity index (χ4v) is 7.73. The predicted molar refractivity (Wildman–Crippen MR) is 200 cm³/mol. The molecule has 51 heavy (non-hydrogen) atoms. The maximum absolute atomic E-state index is 6.95. The fourth-order valence-electron chi connectivity index (χ4n) is 7.73. The number of benzene rings is 6. The van der Waals surface area contributed by atoms with Crippen molar-refractivity contribution in [1.82, 2.24) is 15.0 Å². The second-order valence-corrected chi connectivity index (χ2v) is 12.7. The molecule has 0 amide bonds. The van der Waals surface area contributed by atoms with Gasteiger partial charge < -0.3 is 9.47 Å². The number of fused-ring (bicyclic) bond motifs is 6. The third kappa shape index (κ3) is 4.52. The number of rotatable bonds is 5. The minimum Gasteiger partial charge on any atom is -0.449 e. The molecule has 0 N–H and O–H groups in total. The highest BCUT2D eigenvalue weighted by molar-refractivity contribution is 5.92. The van der Waals surface area contributed by atoms with E-state index in [1.807, 2.05) is 72.8 Å². The summed E-state index contributed by atoms with van der Waals surface area (Å²) in [6.07, 6.45) is 1.78. The Hall–Kier alpha value is -6.85. The van der Waals surface area contributed by atoms with Gasteiger partial charge in [-0.1, -0.05) is 133 Å². The molecule has 1 aliphatic heterocycles. The van der Waals surface area contributed by atoms with Gasteiger partial charge in [-0.15, -0.1) is 0 Å². The van der Waals surface area contributed by atoms with E-state index in [0.717, 1.165) is 39.2 Å². The van der Waals surface area contributed by atoms with Gasteiger partial charge in [-0.25, -0.2) is 9.97 Å². The second kappa shape index (κ2) is 11.6. The topological polar surface area (TPSA) is 57.1 Å². The zero-order chi connectivity index (χ0) is 33.8. The molecule has 2 aliphatic rings. The van der Waals surface area contributed by atoms with Gasteiger partial charge in [0.2, 0.25) is 0 Å². The summed E-state index contributed by atoms with van der Waals surface area (Å²) >= 11 is 0. The maximum Gasteiger partial charge on any atom is 0.179 e. The molecule has 0 saturated heterocycles. The number of pyridine rings is 1. The average Bonchev–Trinajstić information content (AvgIpc) is 3.52. The van der Waals surface area contributed by atoms with Crippen molar-refractivity contribution in [2.75, 3.05) is 0 Å². The minimum absolute atomic E-state index is 0.536. The van der Waals surface area contributed by atoms with E-state index < -0.39 is 5.41 Å². The SMILES string of the molecule is c1ccc(-c2nc(-c3ccccn3)cc(-c3cccc4c3Oc3ccc5c(c3O4)-c3ccccc3C5(c3ccccc3)c3ccccc3)n2)cc1. The highest BCUT2D eigenvalue weighted by Gasteiger charge is 2.48.